The molecule has 0 aromatic carbocycles. The van der Waals surface area contributed by atoms with Gasteiger partial charge in [0.05, 0.1) is 0 Å². The van der Waals surface area contributed by atoms with Crippen LogP contribution in [0, 0.1) is 0 Å². The predicted molar refractivity (Wildman–Crippen MR) is 67.1 cm³/mol. The molecule has 0 bridgehead atoms. The number of rotatable bonds is 6. The Balaban J connectivity index is 1.92. The van der Waals surface area contributed by atoms with Crippen LogP contribution in [0.2, 0.25) is 0 Å². The third-order valence-electron chi connectivity index (χ3n) is 3.18. The zero-order valence-electron chi connectivity index (χ0n) is 9.72. The Hall–Kier alpha value is 0.310. The molecule has 2 heteroatoms. The van der Waals surface area contributed by atoms with Crippen molar-refractivity contribution in [1.82, 2.24) is 5.32 Å². The molecule has 0 amide bonds. The van der Waals surface area contributed by atoms with Gasteiger partial charge in [-0.3, -0.25) is 0 Å². The van der Waals surface area contributed by atoms with Crippen molar-refractivity contribution in [2.24, 2.45) is 0 Å². The second-order valence-corrected chi connectivity index (χ2v) is 5.87. The Bertz CT molecular complexity index is 132. The lowest BCUT2D eigenvalue weighted by Crippen LogP contribution is -2.21. The summed E-state index contributed by atoms with van der Waals surface area (Å²) in [7, 11) is 2.05. The SMILES string of the molecule is CNC(C)CCCSC1CCCCC1. The van der Waals surface area contributed by atoms with E-state index in [0.29, 0.717) is 6.04 Å². The van der Waals surface area contributed by atoms with Gasteiger partial charge in [0, 0.05) is 11.3 Å². The maximum absolute atomic E-state index is 3.29. The first-order chi connectivity index (χ1) is 6.83. The summed E-state index contributed by atoms with van der Waals surface area (Å²) in [6.07, 6.45) is 10.1. The van der Waals surface area contributed by atoms with Crippen LogP contribution < -0.4 is 5.32 Å². The fraction of sp³-hybridized carbons (Fsp3) is 1.00. The molecule has 1 rings (SSSR count). The summed E-state index contributed by atoms with van der Waals surface area (Å²) in [5, 5.41) is 4.29. The van der Waals surface area contributed by atoms with E-state index in [9.17, 15) is 0 Å². The van der Waals surface area contributed by atoms with Crippen molar-refractivity contribution in [3.05, 3.63) is 0 Å². The molecule has 1 N–H and O–H groups in total. The summed E-state index contributed by atoms with van der Waals surface area (Å²) in [5.41, 5.74) is 0. The summed E-state index contributed by atoms with van der Waals surface area (Å²) >= 11 is 2.22. The van der Waals surface area contributed by atoms with E-state index in [1.165, 1.54) is 50.7 Å². The molecule has 0 aromatic rings. The van der Waals surface area contributed by atoms with Crippen molar-refractivity contribution in [1.29, 1.82) is 0 Å². The summed E-state index contributed by atoms with van der Waals surface area (Å²) in [5.74, 6) is 1.37. The van der Waals surface area contributed by atoms with E-state index in [1.807, 2.05) is 0 Å². The molecule has 1 fully saturated rings. The monoisotopic (exact) mass is 215 g/mol. The van der Waals surface area contributed by atoms with Gasteiger partial charge in [-0.25, -0.2) is 0 Å². The van der Waals surface area contributed by atoms with Gasteiger partial charge in [0.15, 0.2) is 0 Å². The van der Waals surface area contributed by atoms with Gasteiger partial charge < -0.3 is 5.32 Å². The van der Waals surface area contributed by atoms with Gasteiger partial charge >= 0.3 is 0 Å². The van der Waals surface area contributed by atoms with Crippen LogP contribution in [0.15, 0.2) is 0 Å². The maximum Gasteiger partial charge on any atom is 0.00470 e. The van der Waals surface area contributed by atoms with Crippen molar-refractivity contribution in [3.63, 3.8) is 0 Å². The molecular formula is C12H25NS. The first kappa shape index (κ1) is 12.4. The van der Waals surface area contributed by atoms with Crippen molar-refractivity contribution < 1.29 is 0 Å². The quantitative estimate of drug-likeness (QED) is 0.681. The molecule has 1 atom stereocenters. The molecule has 1 nitrogen and oxygen atoms in total. The van der Waals surface area contributed by atoms with E-state index in [-0.39, 0.29) is 0 Å². The Labute approximate surface area is 93.4 Å². The minimum absolute atomic E-state index is 0.696. The van der Waals surface area contributed by atoms with Crippen LogP contribution in [0.25, 0.3) is 0 Å². The van der Waals surface area contributed by atoms with Crippen LogP contribution >= 0.6 is 11.8 Å². The van der Waals surface area contributed by atoms with Gasteiger partial charge in [-0.05, 0) is 45.4 Å². The third kappa shape index (κ3) is 5.26. The minimum atomic E-state index is 0.696. The number of nitrogens with one attached hydrogen (secondary N) is 1. The Morgan fingerprint density at radius 1 is 1.29 bits per heavy atom. The highest BCUT2D eigenvalue weighted by atomic mass is 32.2. The van der Waals surface area contributed by atoms with E-state index in [1.54, 1.807) is 0 Å². The second kappa shape index (κ2) is 7.58. The molecule has 0 saturated heterocycles. The van der Waals surface area contributed by atoms with Crippen LogP contribution in [0.4, 0.5) is 0 Å². The standard InChI is InChI=1S/C12H25NS/c1-11(13-2)7-6-10-14-12-8-4-3-5-9-12/h11-13H,3-10H2,1-2H3. The maximum atomic E-state index is 3.29. The van der Waals surface area contributed by atoms with E-state index in [4.69, 9.17) is 0 Å². The van der Waals surface area contributed by atoms with Crippen molar-refractivity contribution in [3.8, 4) is 0 Å². The summed E-state index contributed by atoms with van der Waals surface area (Å²) in [4.78, 5) is 0. The fourth-order valence-electron chi connectivity index (χ4n) is 2.02. The smallest absolute Gasteiger partial charge is 0.00470 e. The molecule has 1 aliphatic carbocycles. The summed E-state index contributed by atoms with van der Waals surface area (Å²) in [6.45, 7) is 2.27. The van der Waals surface area contributed by atoms with Crippen LogP contribution in [0.1, 0.15) is 51.9 Å². The van der Waals surface area contributed by atoms with E-state index in [2.05, 4.69) is 31.1 Å². The van der Waals surface area contributed by atoms with Crippen molar-refractivity contribution in [2.45, 2.75) is 63.2 Å². The molecular weight excluding hydrogens is 190 g/mol. The molecule has 14 heavy (non-hydrogen) atoms. The summed E-state index contributed by atoms with van der Waals surface area (Å²) in [6, 6.07) is 0.696. The average Bonchev–Trinajstić information content (AvgIpc) is 2.25. The van der Waals surface area contributed by atoms with Crippen molar-refractivity contribution >= 4 is 11.8 Å². The van der Waals surface area contributed by atoms with Gasteiger partial charge in [-0.1, -0.05) is 19.3 Å². The molecule has 0 radical (unpaired) electrons. The molecule has 0 spiro atoms. The van der Waals surface area contributed by atoms with Crippen LogP contribution in [-0.4, -0.2) is 24.1 Å². The first-order valence-corrected chi connectivity index (χ1v) is 7.16. The first-order valence-electron chi connectivity index (χ1n) is 6.12. The zero-order valence-corrected chi connectivity index (χ0v) is 10.5. The van der Waals surface area contributed by atoms with Crippen molar-refractivity contribution in [2.75, 3.05) is 12.8 Å². The number of hydrogen-bond donors (Lipinski definition) is 1. The van der Waals surface area contributed by atoms with E-state index < -0.39 is 0 Å². The lowest BCUT2D eigenvalue weighted by molar-refractivity contribution is 0.514. The highest BCUT2D eigenvalue weighted by Crippen LogP contribution is 2.28. The minimum Gasteiger partial charge on any atom is -0.317 e. The lowest BCUT2D eigenvalue weighted by Gasteiger charge is -2.21. The Kier molecular flexibility index (Phi) is 6.70. The Morgan fingerprint density at radius 3 is 2.64 bits per heavy atom. The lowest BCUT2D eigenvalue weighted by atomic mass is 10.0. The van der Waals surface area contributed by atoms with Gasteiger partial charge in [0.25, 0.3) is 0 Å². The van der Waals surface area contributed by atoms with Crippen LogP contribution in [0.5, 0.6) is 0 Å². The van der Waals surface area contributed by atoms with Crippen LogP contribution in [-0.2, 0) is 0 Å². The summed E-state index contributed by atoms with van der Waals surface area (Å²) < 4.78 is 0. The second-order valence-electron chi connectivity index (χ2n) is 4.46. The molecule has 1 aliphatic rings. The number of hydrogen-bond acceptors (Lipinski definition) is 2. The van der Waals surface area contributed by atoms with E-state index >= 15 is 0 Å². The molecule has 0 aliphatic heterocycles. The van der Waals surface area contributed by atoms with E-state index in [0.717, 1.165) is 5.25 Å². The van der Waals surface area contributed by atoms with Gasteiger partial charge in [0.2, 0.25) is 0 Å². The van der Waals surface area contributed by atoms with Gasteiger partial charge in [-0.15, -0.1) is 0 Å². The predicted octanol–water partition coefficient (Wildman–Crippen LogP) is 3.44. The largest absolute Gasteiger partial charge is 0.317 e. The topological polar surface area (TPSA) is 12.0 Å². The molecule has 84 valence electrons. The van der Waals surface area contributed by atoms with Gasteiger partial charge in [0.1, 0.15) is 0 Å². The highest BCUT2D eigenvalue weighted by Gasteiger charge is 2.12. The molecule has 1 saturated carbocycles. The van der Waals surface area contributed by atoms with Gasteiger partial charge in [-0.2, -0.15) is 11.8 Å². The zero-order chi connectivity index (χ0) is 10.2. The Morgan fingerprint density at radius 2 is 2.00 bits per heavy atom. The molecule has 1 unspecified atom stereocenters. The third-order valence-corrected chi connectivity index (χ3v) is 4.65. The molecule has 0 aromatic heterocycles. The fourth-order valence-corrected chi connectivity index (χ4v) is 3.35. The van der Waals surface area contributed by atoms with Crippen LogP contribution in [0.3, 0.4) is 0 Å². The normalized spacial score (nSPS) is 21.0. The molecule has 0 heterocycles. The average molecular weight is 215 g/mol. The number of thioether (sulfide) groups is 1. The highest BCUT2D eigenvalue weighted by molar-refractivity contribution is 7.99.